The number of hydrogen-bond donors (Lipinski definition) is 1. The van der Waals surface area contributed by atoms with E-state index >= 15 is 0 Å². The quantitative estimate of drug-likeness (QED) is 0.483. The number of carbonyl (C=O) groups is 2. The molecular formula is C21H26N6O6. The molecule has 0 unspecified atom stereocenters. The molecule has 1 amide bonds. The molecule has 1 aliphatic heterocycles. The summed E-state index contributed by atoms with van der Waals surface area (Å²) in [5, 5.41) is 9.22. The average molecular weight is 458 g/mol. The number of hydrogen-bond acceptors (Lipinski definition) is 8. The van der Waals surface area contributed by atoms with Crippen LogP contribution in [0.1, 0.15) is 26.7 Å². The van der Waals surface area contributed by atoms with Crippen molar-refractivity contribution in [2.75, 3.05) is 37.7 Å². The summed E-state index contributed by atoms with van der Waals surface area (Å²) in [5.74, 6) is 5.80. The first-order valence-corrected chi connectivity index (χ1v) is 10.8. The van der Waals surface area contributed by atoms with E-state index < -0.39 is 17.7 Å². The number of carboxylic acid groups (broad SMARTS) is 1. The molecule has 1 saturated carbocycles. The Kier molecular flexibility index (Phi) is 5.88. The van der Waals surface area contributed by atoms with Crippen LogP contribution in [0.15, 0.2) is 4.79 Å². The fourth-order valence-corrected chi connectivity index (χ4v) is 3.77. The lowest BCUT2D eigenvalue weighted by atomic mass is 10.3. The van der Waals surface area contributed by atoms with Crippen LogP contribution in [0.3, 0.4) is 0 Å². The van der Waals surface area contributed by atoms with Crippen molar-refractivity contribution in [3.63, 3.8) is 0 Å². The molecule has 3 heterocycles. The lowest BCUT2D eigenvalue weighted by molar-refractivity contribution is -0.154. The van der Waals surface area contributed by atoms with Gasteiger partial charge in [-0.25, -0.2) is 9.59 Å². The van der Waals surface area contributed by atoms with E-state index in [0.29, 0.717) is 45.0 Å². The van der Waals surface area contributed by atoms with Gasteiger partial charge in [0, 0.05) is 46.1 Å². The zero-order valence-electron chi connectivity index (χ0n) is 18.8. The maximum Gasteiger partial charge on any atom is 0.407 e. The number of amides is 1. The van der Waals surface area contributed by atoms with Gasteiger partial charge in [0.1, 0.15) is 0 Å². The molecule has 176 valence electrons. The van der Waals surface area contributed by atoms with Crippen molar-refractivity contribution in [2.24, 2.45) is 7.05 Å². The number of esters is 1. The Bertz CT molecular complexity index is 1210. The highest BCUT2D eigenvalue weighted by atomic mass is 16.6. The predicted molar refractivity (Wildman–Crippen MR) is 117 cm³/mol. The van der Waals surface area contributed by atoms with Gasteiger partial charge < -0.3 is 24.4 Å². The van der Waals surface area contributed by atoms with Gasteiger partial charge in [-0.15, -0.1) is 5.92 Å². The lowest BCUT2D eigenvalue weighted by Crippen LogP contribution is -2.49. The highest BCUT2D eigenvalue weighted by Crippen LogP contribution is 2.41. The second-order valence-corrected chi connectivity index (χ2v) is 7.93. The lowest BCUT2D eigenvalue weighted by Gasteiger charge is -2.33. The third-order valence-electron chi connectivity index (χ3n) is 5.81. The molecule has 0 bridgehead atoms. The van der Waals surface area contributed by atoms with Gasteiger partial charge >= 0.3 is 18.1 Å². The molecule has 2 fully saturated rings. The molecule has 0 aromatic carbocycles. The van der Waals surface area contributed by atoms with Crippen LogP contribution < -0.4 is 15.2 Å². The SMILES string of the molecule is CC#CCn1c(N2CCN(C(=O)O)CC2)nc2nc(OC3(C(=O)OCC)CC3)n(C)c(=O)c21. The van der Waals surface area contributed by atoms with Crippen molar-refractivity contribution >= 4 is 29.2 Å². The van der Waals surface area contributed by atoms with Crippen LogP contribution in [0.5, 0.6) is 6.01 Å². The largest absolute Gasteiger partial charge is 0.465 e. The minimum absolute atomic E-state index is 0.00785. The summed E-state index contributed by atoms with van der Waals surface area (Å²) in [6.45, 7) is 5.37. The smallest absolute Gasteiger partial charge is 0.407 e. The zero-order chi connectivity index (χ0) is 23.8. The molecule has 2 aromatic heterocycles. The minimum atomic E-state index is -1.12. The normalized spacial score (nSPS) is 16.8. The number of rotatable bonds is 6. The maximum atomic E-state index is 13.3. The van der Waals surface area contributed by atoms with Crippen molar-refractivity contribution < 1.29 is 24.2 Å². The van der Waals surface area contributed by atoms with Crippen LogP contribution >= 0.6 is 0 Å². The van der Waals surface area contributed by atoms with E-state index in [2.05, 4.69) is 21.8 Å². The fraction of sp³-hybridized carbons (Fsp3) is 0.571. The van der Waals surface area contributed by atoms with E-state index in [0.717, 1.165) is 0 Å². The molecular weight excluding hydrogens is 432 g/mol. The highest BCUT2D eigenvalue weighted by molar-refractivity contribution is 5.83. The summed E-state index contributed by atoms with van der Waals surface area (Å²) in [7, 11) is 1.53. The van der Waals surface area contributed by atoms with Gasteiger partial charge in [-0.1, -0.05) is 5.92 Å². The minimum Gasteiger partial charge on any atom is -0.465 e. The molecule has 1 aliphatic carbocycles. The van der Waals surface area contributed by atoms with Crippen LogP contribution in [0.25, 0.3) is 11.2 Å². The van der Waals surface area contributed by atoms with Crippen molar-refractivity contribution in [3.8, 4) is 17.9 Å². The van der Waals surface area contributed by atoms with Crippen molar-refractivity contribution in [3.05, 3.63) is 10.4 Å². The Morgan fingerprint density at radius 1 is 1.18 bits per heavy atom. The molecule has 4 rings (SSSR count). The van der Waals surface area contributed by atoms with Crippen LogP contribution in [-0.2, 0) is 23.1 Å². The Labute approximate surface area is 189 Å². The van der Waals surface area contributed by atoms with Gasteiger partial charge in [0.05, 0.1) is 13.2 Å². The zero-order valence-corrected chi connectivity index (χ0v) is 18.8. The third kappa shape index (κ3) is 4.06. The second-order valence-electron chi connectivity index (χ2n) is 7.93. The van der Waals surface area contributed by atoms with Crippen LogP contribution in [0.2, 0.25) is 0 Å². The molecule has 0 spiro atoms. The number of anilines is 1. The summed E-state index contributed by atoms with van der Waals surface area (Å²) in [4.78, 5) is 49.1. The Morgan fingerprint density at radius 3 is 2.45 bits per heavy atom. The van der Waals surface area contributed by atoms with Gasteiger partial charge in [0.25, 0.3) is 5.56 Å². The Balaban J connectivity index is 1.73. The fourth-order valence-electron chi connectivity index (χ4n) is 3.77. The monoisotopic (exact) mass is 458 g/mol. The molecule has 12 heteroatoms. The van der Waals surface area contributed by atoms with Gasteiger partial charge in [-0.3, -0.25) is 13.9 Å². The van der Waals surface area contributed by atoms with E-state index in [9.17, 15) is 19.5 Å². The molecule has 0 radical (unpaired) electrons. The van der Waals surface area contributed by atoms with Crippen molar-refractivity contribution in [1.82, 2.24) is 24.0 Å². The van der Waals surface area contributed by atoms with E-state index in [1.807, 2.05) is 4.90 Å². The predicted octanol–water partition coefficient (Wildman–Crippen LogP) is 0.428. The van der Waals surface area contributed by atoms with Crippen molar-refractivity contribution in [1.29, 1.82) is 0 Å². The van der Waals surface area contributed by atoms with Crippen LogP contribution in [0, 0.1) is 11.8 Å². The number of nitrogens with zero attached hydrogens (tertiary/aromatic N) is 6. The van der Waals surface area contributed by atoms with E-state index in [4.69, 9.17) is 9.47 Å². The number of aromatic nitrogens is 4. The summed E-state index contributed by atoms with van der Waals surface area (Å²) >= 11 is 0. The molecule has 1 N–H and O–H groups in total. The van der Waals surface area contributed by atoms with Gasteiger partial charge in [-0.05, 0) is 13.8 Å². The Hall–Kier alpha value is -3.75. The molecule has 12 nitrogen and oxygen atoms in total. The summed E-state index contributed by atoms with van der Waals surface area (Å²) < 4.78 is 13.9. The molecule has 1 saturated heterocycles. The van der Waals surface area contributed by atoms with Gasteiger partial charge in [-0.2, -0.15) is 9.97 Å². The molecule has 2 aromatic rings. The van der Waals surface area contributed by atoms with Gasteiger partial charge in [0.2, 0.25) is 11.5 Å². The number of carbonyl (C=O) groups excluding carboxylic acids is 1. The number of fused-ring (bicyclic) bond motifs is 1. The maximum absolute atomic E-state index is 13.3. The van der Waals surface area contributed by atoms with Crippen LogP contribution in [-0.4, -0.2) is 79.6 Å². The third-order valence-corrected chi connectivity index (χ3v) is 5.81. The number of imidazole rings is 1. The van der Waals surface area contributed by atoms with E-state index in [1.54, 1.807) is 18.4 Å². The second kappa shape index (κ2) is 8.65. The van der Waals surface area contributed by atoms with Gasteiger partial charge in [0.15, 0.2) is 11.2 Å². The van der Waals surface area contributed by atoms with E-state index in [-0.39, 0.29) is 35.9 Å². The number of ether oxygens (including phenoxy) is 2. The topological polar surface area (TPSA) is 132 Å². The van der Waals surface area contributed by atoms with E-state index in [1.165, 1.54) is 16.5 Å². The molecule has 0 atom stereocenters. The summed E-state index contributed by atoms with van der Waals surface area (Å²) in [6, 6.07) is -0.00785. The number of piperazine rings is 1. The summed E-state index contributed by atoms with van der Waals surface area (Å²) in [6.07, 6.45) is 0.00611. The first kappa shape index (κ1) is 22.4. The molecule has 2 aliphatic rings. The molecule has 33 heavy (non-hydrogen) atoms. The van der Waals surface area contributed by atoms with Crippen LogP contribution in [0.4, 0.5) is 10.7 Å². The first-order chi connectivity index (χ1) is 15.8. The average Bonchev–Trinajstić information content (AvgIpc) is 3.50. The summed E-state index contributed by atoms with van der Waals surface area (Å²) in [5.41, 5.74) is -1.05. The van der Waals surface area contributed by atoms with Crippen molar-refractivity contribution in [2.45, 2.75) is 38.8 Å². The Morgan fingerprint density at radius 2 is 1.88 bits per heavy atom. The first-order valence-electron chi connectivity index (χ1n) is 10.8. The standard InChI is InChI=1S/C21H26N6O6/c1-4-6-9-27-14-15(22-18(27)25-10-12-26(13-11-25)20(30)31)23-19(24(3)16(14)28)33-21(7-8-21)17(29)32-5-2/h5,7-13H2,1-3H3,(H,30,31). The highest BCUT2D eigenvalue weighted by Gasteiger charge is 2.55.